The second-order valence-corrected chi connectivity index (χ2v) is 22.8. The fourth-order valence-corrected chi connectivity index (χ4v) is 15.3. The molecule has 1 unspecified atom stereocenters. The van der Waals surface area contributed by atoms with Crippen LogP contribution in [0.4, 0.5) is 0 Å². The number of fused-ring (bicyclic) bond motifs is 7. The van der Waals surface area contributed by atoms with Crippen molar-refractivity contribution in [3.63, 3.8) is 0 Å². The number of hydrogen-bond acceptors (Lipinski definition) is 13. The first kappa shape index (κ1) is 40.6. The Morgan fingerprint density at radius 2 is 1.11 bits per heavy atom. The van der Waals surface area contributed by atoms with Gasteiger partial charge in [0.2, 0.25) is 10.9 Å². The highest BCUT2D eigenvalue weighted by molar-refractivity contribution is 8.21. The second-order valence-electron chi connectivity index (χ2n) is 16.8. The summed E-state index contributed by atoms with van der Waals surface area (Å²) in [6, 6.07) is 21.8. The number of benzene rings is 4. The van der Waals surface area contributed by atoms with E-state index in [0.717, 1.165) is 78.3 Å². The first-order chi connectivity index (χ1) is 30.1. The first-order valence-corrected chi connectivity index (χ1v) is 26.3. The Balaban J connectivity index is 0.825. The monoisotopic (exact) mass is 926 g/mol. The summed E-state index contributed by atoms with van der Waals surface area (Å²) in [5, 5.41) is 3.40. The minimum absolute atomic E-state index is 0.00706. The van der Waals surface area contributed by atoms with Crippen molar-refractivity contribution in [2.24, 2.45) is 11.5 Å². The summed E-state index contributed by atoms with van der Waals surface area (Å²) in [4.78, 5) is 34.3. The average molecular weight is 927 g/mol. The highest BCUT2D eigenvalue weighted by atomic mass is 32.3. The molecule has 6 aromatic rings. The van der Waals surface area contributed by atoms with Crippen LogP contribution in [0.15, 0.2) is 80.0 Å². The molecular formula is C46H46N4O7S5. The Morgan fingerprint density at radius 3 is 1.60 bits per heavy atom. The van der Waals surface area contributed by atoms with Crippen LogP contribution < -0.4 is 29.3 Å². The molecular weight excluding hydrogens is 881 g/mol. The van der Waals surface area contributed by atoms with E-state index < -0.39 is 10.9 Å². The summed E-state index contributed by atoms with van der Waals surface area (Å²) < 4.78 is 39.0. The lowest BCUT2D eigenvalue weighted by Gasteiger charge is -2.38. The Hall–Kier alpha value is -4.13. The Morgan fingerprint density at radius 1 is 0.645 bits per heavy atom. The summed E-state index contributed by atoms with van der Waals surface area (Å²) in [5.74, 6) is 2.68. The van der Waals surface area contributed by atoms with Crippen LogP contribution in [0.5, 0.6) is 23.0 Å². The Kier molecular flexibility index (Phi) is 10.00. The van der Waals surface area contributed by atoms with Crippen LogP contribution in [0.2, 0.25) is 0 Å². The summed E-state index contributed by atoms with van der Waals surface area (Å²) in [6.07, 6.45) is 7.27. The van der Waals surface area contributed by atoms with Gasteiger partial charge in [-0.3, -0.25) is 14.1 Å². The number of carbonyl (C=O) groups excluding carboxylic acids is 2. The van der Waals surface area contributed by atoms with E-state index in [0.29, 0.717) is 78.6 Å². The van der Waals surface area contributed by atoms with Crippen LogP contribution >= 0.6 is 57.1 Å². The SMILES string of the molecule is CSc1sc(C(=O)N2CCC3(CC2)COc2ccc(CN)cc23)c2ccc(S3(O)Oc4cc5c(SC)sc(C(=O)N6CCC7(CC6)COc6ccc(CN)cc67)c5cc4O3)cc12. The van der Waals surface area contributed by atoms with Gasteiger partial charge < -0.3 is 39.1 Å². The maximum Gasteiger partial charge on any atom is 0.264 e. The third-order valence-corrected chi connectivity index (χ3v) is 19.9. The molecule has 1 atom stereocenters. The molecule has 5 aliphatic rings. The van der Waals surface area contributed by atoms with Crippen LogP contribution in [0.3, 0.4) is 0 Å². The molecule has 0 saturated carbocycles. The van der Waals surface area contributed by atoms with Crippen LogP contribution in [0.1, 0.15) is 67.3 Å². The van der Waals surface area contributed by atoms with Gasteiger partial charge in [-0.1, -0.05) is 30.3 Å². The van der Waals surface area contributed by atoms with E-state index in [2.05, 4.69) is 12.1 Å². The van der Waals surface area contributed by atoms with E-state index in [1.54, 1.807) is 23.5 Å². The summed E-state index contributed by atoms with van der Waals surface area (Å²) in [6.45, 7) is 4.70. The molecule has 11 nitrogen and oxygen atoms in total. The number of nitrogens with zero attached hydrogens (tertiary/aromatic N) is 2. The van der Waals surface area contributed by atoms with Crippen molar-refractivity contribution >= 4 is 90.4 Å². The smallest absolute Gasteiger partial charge is 0.264 e. The van der Waals surface area contributed by atoms with Gasteiger partial charge in [0.05, 0.1) is 26.5 Å². The minimum atomic E-state index is -3.24. The van der Waals surface area contributed by atoms with Crippen LogP contribution in [0, 0.1) is 0 Å². The molecule has 2 aromatic heterocycles. The number of likely N-dealkylation sites (tertiary alicyclic amines) is 2. The van der Waals surface area contributed by atoms with Crippen molar-refractivity contribution in [1.29, 1.82) is 0 Å². The number of thiophene rings is 2. The molecule has 2 spiro atoms. The molecule has 2 saturated heterocycles. The van der Waals surface area contributed by atoms with Crippen molar-refractivity contribution in [1.82, 2.24) is 9.80 Å². The molecule has 0 aliphatic carbocycles. The fraction of sp³-hybridized carbons (Fsp3) is 0.348. The number of ether oxygens (including phenoxy) is 2. The number of piperidine rings is 2. The van der Waals surface area contributed by atoms with E-state index in [-0.39, 0.29) is 22.6 Å². The van der Waals surface area contributed by atoms with Gasteiger partial charge in [0.15, 0.2) is 11.5 Å². The second kappa shape index (κ2) is 15.3. The zero-order valence-corrected chi connectivity index (χ0v) is 38.4. The van der Waals surface area contributed by atoms with Gasteiger partial charge in [0.25, 0.3) is 11.8 Å². The largest absolute Gasteiger partial charge is 0.492 e. The number of nitrogens with two attached hydrogens (primary N) is 2. The molecule has 2 fully saturated rings. The lowest BCUT2D eigenvalue weighted by molar-refractivity contribution is 0.0646. The van der Waals surface area contributed by atoms with Crippen LogP contribution in [-0.4, -0.2) is 78.1 Å². The zero-order chi connectivity index (χ0) is 42.5. The molecule has 4 aromatic carbocycles. The fourth-order valence-electron chi connectivity index (χ4n) is 9.95. The maximum absolute atomic E-state index is 14.3. The number of amides is 2. The highest BCUT2D eigenvalue weighted by Gasteiger charge is 2.46. The summed E-state index contributed by atoms with van der Waals surface area (Å²) in [5.41, 5.74) is 16.3. The first-order valence-electron chi connectivity index (χ1n) is 20.8. The van der Waals surface area contributed by atoms with E-state index >= 15 is 0 Å². The number of rotatable bonds is 7. The van der Waals surface area contributed by atoms with Gasteiger partial charge in [-0.05, 0) is 85.7 Å². The van der Waals surface area contributed by atoms with Gasteiger partial charge in [0.1, 0.15) is 21.3 Å². The summed E-state index contributed by atoms with van der Waals surface area (Å²) in [7, 11) is -3.24. The topological polar surface area (TPSA) is 150 Å². The lowest BCUT2D eigenvalue weighted by atomic mass is 9.74. The van der Waals surface area contributed by atoms with Gasteiger partial charge >= 0.3 is 0 Å². The standard InChI is InChI=1S/C46H46N4O7S5/c1-58-43-31-19-28(5-6-29(31)39(60-43)41(51)49-13-9-45(10-14-49)24-54-35-7-3-26(22-47)17-33(35)45)62(53)56-37-20-30-32(21-38(37)57-62)44(59-2)61-40(30)42(52)50-15-11-46(12-16-50)25-55-36-8-4-27(23-48)18-34(36)46/h3-8,17-21,53H,9-16,22-25,47-48H2,1-2H3. The van der Waals surface area contributed by atoms with Crippen molar-refractivity contribution in [2.75, 3.05) is 51.9 Å². The van der Waals surface area contributed by atoms with Gasteiger partial charge in [0, 0.05) is 82.8 Å². The van der Waals surface area contributed by atoms with Crippen molar-refractivity contribution < 1.29 is 32.0 Å². The quantitative estimate of drug-likeness (QED) is 0.131. The highest BCUT2D eigenvalue weighted by Crippen LogP contribution is 2.63. The number of thioether (sulfide) groups is 2. The molecule has 62 heavy (non-hydrogen) atoms. The molecule has 5 aliphatic heterocycles. The molecule has 11 rings (SSSR count). The van der Waals surface area contributed by atoms with E-state index in [4.69, 9.17) is 29.3 Å². The van der Waals surface area contributed by atoms with Crippen LogP contribution in [-0.2, 0) is 23.9 Å². The zero-order valence-electron chi connectivity index (χ0n) is 34.3. The summed E-state index contributed by atoms with van der Waals surface area (Å²) >= 11 is 6.14. The lowest BCUT2D eigenvalue weighted by Crippen LogP contribution is -2.45. The van der Waals surface area contributed by atoms with Crippen molar-refractivity contribution in [3.8, 4) is 23.0 Å². The minimum Gasteiger partial charge on any atom is -0.492 e. The van der Waals surface area contributed by atoms with E-state index in [1.165, 1.54) is 33.8 Å². The third-order valence-electron chi connectivity index (χ3n) is 13.6. The number of carbonyl (C=O) groups is 2. The molecule has 2 amide bonds. The van der Waals surface area contributed by atoms with Gasteiger partial charge in [-0.25, -0.2) is 0 Å². The normalized spacial score (nSPS) is 21.6. The predicted octanol–water partition coefficient (Wildman–Crippen LogP) is 9.55. The molecule has 5 N–H and O–H groups in total. The van der Waals surface area contributed by atoms with Crippen molar-refractivity contribution in [2.45, 2.75) is 62.9 Å². The Labute approximate surface area is 377 Å². The molecule has 16 heteroatoms. The predicted molar refractivity (Wildman–Crippen MR) is 250 cm³/mol. The van der Waals surface area contributed by atoms with E-state index in [1.807, 2.05) is 76.9 Å². The van der Waals surface area contributed by atoms with Gasteiger partial charge in [-0.15, -0.1) is 46.2 Å². The third kappa shape index (κ3) is 6.34. The average Bonchev–Trinajstić information content (AvgIpc) is 4.12. The maximum atomic E-state index is 14.3. The molecule has 322 valence electrons. The molecule has 0 bridgehead atoms. The number of hydrogen-bond donors (Lipinski definition) is 3. The van der Waals surface area contributed by atoms with E-state index in [9.17, 15) is 14.1 Å². The van der Waals surface area contributed by atoms with Crippen LogP contribution in [0.25, 0.3) is 21.5 Å². The van der Waals surface area contributed by atoms with Crippen molar-refractivity contribution in [3.05, 3.63) is 98.7 Å². The Bertz CT molecular complexity index is 2830. The van der Waals surface area contributed by atoms with Gasteiger partial charge in [-0.2, -0.15) is 0 Å². The molecule has 0 radical (unpaired) electrons. The molecule has 7 heterocycles.